The molecule has 5 aromatic rings. The first kappa shape index (κ1) is 17.7. The van der Waals surface area contributed by atoms with Crippen molar-refractivity contribution in [1.29, 1.82) is 0 Å². The van der Waals surface area contributed by atoms with Crippen molar-refractivity contribution in [2.24, 2.45) is 0 Å². The number of hydrogen-bond donors (Lipinski definition) is 1. The van der Waals surface area contributed by atoms with Gasteiger partial charge in [-0.3, -0.25) is 9.67 Å². The van der Waals surface area contributed by atoms with Gasteiger partial charge in [0.25, 0.3) is 0 Å². The van der Waals surface area contributed by atoms with E-state index in [1.807, 2.05) is 77.4 Å². The van der Waals surface area contributed by atoms with Gasteiger partial charge in [-0.05, 0) is 48.6 Å². The molecule has 0 fully saturated rings. The van der Waals surface area contributed by atoms with E-state index < -0.39 is 0 Å². The highest BCUT2D eigenvalue weighted by atomic mass is 35.5. The highest BCUT2D eigenvalue weighted by Gasteiger charge is 2.18. The topological polar surface area (TPSA) is 59.4 Å². The number of halogens is 1. The van der Waals surface area contributed by atoms with E-state index in [1.165, 1.54) is 0 Å². The number of benzene rings is 2. The minimum Gasteiger partial charge on any atom is -0.268 e. The van der Waals surface area contributed by atoms with Crippen LogP contribution in [0.15, 0.2) is 79.0 Å². The summed E-state index contributed by atoms with van der Waals surface area (Å²) in [7, 11) is 0. The van der Waals surface area contributed by atoms with Crippen LogP contribution in [0.3, 0.4) is 0 Å². The number of rotatable bonds is 3. The standard InChI is InChI=1S/C22H14ClN5S/c23-16-9-4-10-17(13-16)28-21(26-27-22(28)29)18-12-15-8-5-11-24-20(15)25-19(18)14-6-2-1-3-7-14/h1-13H,(H,27,29). The molecule has 0 saturated heterocycles. The van der Waals surface area contributed by atoms with E-state index >= 15 is 0 Å². The molecular formula is C22H14ClN5S. The number of pyridine rings is 2. The second-order valence-corrected chi connectivity index (χ2v) is 7.29. The highest BCUT2D eigenvalue weighted by Crippen LogP contribution is 2.33. The summed E-state index contributed by atoms with van der Waals surface area (Å²) in [6.07, 6.45) is 1.74. The van der Waals surface area contributed by atoms with Crippen molar-refractivity contribution in [3.8, 4) is 28.3 Å². The summed E-state index contributed by atoms with van der Waals surface area (Å²) in [6.45, 7) is 0. The summed E-state index contributed by atoms with van der Waals surface area (Å²) in [5.74, 6) is 0.661. The summed E-state index contributed by atoms with van der Waals surface area (Å²) in [5, 5.41) is 8.99. The molecule has 3 aromatic heterocycles. The van der Waals surface area contributed by atoms with Crippen LogP contribution >= 0.6 is 23.8 Å². The monoisotopic (exact) mass is 415 g/mol. The number of hydrogen-bond acceptors (Lipinski definition) is 4. The molecule has 0 aliphatic heterocycles. The van der Waals surface area contributed by atoms with Gasteiger partial charge < -0.3 is 0 Å². The first-order valence-electron chi connectivity index (χ1n) is 8.95. The Hall–Kier alpha value is -3.35. The molecule has 5 nitrogen and oxygen atoms in total. The lowest BCUT2D eigenvalue weighted by Crippen LogP contribution is -2.01. The average Bonchev–Trinajstić information content (AvgIpc) is 3.14. The quantitative estimate of drug-likeness (QED) is 0.375. The van der Waals surface area contributed by atoms with Crippen LogP contribution < -0.4 is 0 Å². The van der Waals surface area contributed by atoms with E-state index in [4.69, 9.17) is 28.8 Å². The molecule has 0 aliphatic carbocycles. The molecule has 0 aliphatic rings. The van der Waals surface area contributed by atoms with E-state index in [9.17, 15) is 0 Å². The Morgan fingerprint density at radius 2 is 1.79 bits per heavy atom. The minimum atomic E-state index is 0.479. The van der Waals surface area contributed by atoms with Crippen LogP contribution in [0.25, 0.3) is 39.4 Å². The molecule has 0 amide bonds. The lowest BCUT2D eigenvalue weighted by molar-refractivity contribution is 1.04. The van der Waals surface area contributed by atoms with Gasteiger partial charge in [-0.2, -0.15) is 5.10 Å². The molecule has 0 saturated carbocycles. The van der Waals surface area contributed by atoms with Crippen LogP contribution in [0.1, 0.15) is 0 Å². The van der Waals surface area contributed by atoms with Crippen LogP contribution in [-0.4, -0.2) is 24.7 Å². The second kappa shape index (κ2) is 7.24. The van der Waals surface area contributed by atoms with Crippen molar-refractivity contribution in [2.75, 3.05) is 0 Å². The zero-order valence-corrected chi connectivity index (χ0v) is 16.7. The third-order valence-electron chi connectivity index (χ3n) is 4.62. The summed E-state index contributed by atoms with van der Waals surface area (Å²) < 4.78 is 2.35. The van der Waals surface area contributed by atoms with E-state index in [2.05, 4.69) is 15.2 Å². The maximum atomic E-state index is 6.22. The lowest BCUT2D eigenvalue weighted by Gasteiger charge is -2.12. The Kier molecular flexibility index (Phi) is 4.42. The number of nitrogens with zero attached hydrogens (tertiary/aromatic N) is 4. The number of fused-ring (bicyclic) bond motifs is 1. The molecule has 140 valence electrons. The zero-order chi connectivity index (χ0) is 19.8. The third-order valence-corrected chi connectivity index (χ3v) is 5.13. The minimum absolute atomic E-state index is 0.479. The Labute approximate surface area is 176 Å². The predicted octanol–water partition coefficient (Wildman–Crippen LogP) is 5.86. The van der Waals surface area contributed by atoms with Crippen LogP contribution in [-0.2, 0) is 0 Å². The van der Waals surface area contributed by atoms with Gasteiger partial charge in [0.05, 0.1) is 11.4 Å². The van der Waals surface area contributed by atoms with Gasteiger partial charge in [0, 0.05) is 27.7 Å². The van der Waals surface area contributed by atoms with Gasteiger partial charge in [0.15, 0.2) is 16.2 Å². The van der Waals surface area contributed by atoms with Gasteiger partial charge >= 0.3 is 0 Å². The van der Waals surface area contributed by atoms with Crippen molar-refractivity contribution in [3.05, 3.63) is 88.8 Å². The molecule has 0 bridgehead atoms. The van der Waals surface area contributed by atoms with E-state index in [1.54, 1.807) is 6.20 Å². The molecule has 2 aromatic carbocycles. The van der Waals surface area contributed by atoms with Crippen molar-refractivity contribution >= 4 is 34.9 Å². The second-order valence-electron chi connectivity index (χ2n) is 6.47. The molecule has 0 radical (unpaired) electrons. The highest BCUT2D eigenvalue weighted by molar-refractivity contribution is 7.71. The number of nitrogens with one attached hydrogen (secondary N) is 1. The van der Waals surface area contributed by atoms with Gasteiger partial charge in [-0.25, -0.2) is 9.97 Å². The molecular weight excluding hydrogens is 402 g/mol. The number of H-pyrrole nitrogens is 1. The van der Waals surface area contributed by atoms with Crippen LogP contribution in [0.2, 0.25) is 5.02 Å². The predicted molar refractivity (Wildman–Crippen MR) is 118 cm³/mol. The maximum Gasteiger partial charge on any atom is 0.200 e. The molecule has 3 heterocycles. The smallest absolute Gasteiger partial charge is 0.200 e. The number of aromatic nitrogens is 5. The Morgan fingerprint density at radius 1 is 0.931 bits per heavy atom. The van der Waals surface area contributed by atoms with Gasteiger partial charge in [0.2, 0.25) is 0 Å². The van der Waals surface area contributed by atoms with Gasteiger partial charge in [-0.1, -0.05) is 48.0 Å². The third kappa shape index (κ3) is 3.22. The average molecular weight is 416 g/mol. The molecule has 5 rings (SSSR count). The Balaban J connectivity index is 1.83. The fourth-order valence-electron chi connectivity index (χ4n) is 3.32. The molecule has 29 heavy (non-hydrogen) atoms. The molecule has 1 N–H and O–H groups in total. The lowest BCUT2D eigenvalue weighted by atomic mass is 10.0. The van der Waals surface area contributed by atoms with Crippen molar-refractivity contribution in [3.63, 3.8) is 0 Å². The first-order chi connectivity index (χ1) is 14.2. The van der Waals surface area contributed by atoms with E-state index in [0.717, 1.165) is 27.9 Å². The van der Waals surface area contributed by atoms with Crippen molar-refractivity contribution in [2.45, 2.75) is 0 Å². The Bertz CT molecular complexity index is 1390. The molecule has 0 unspecified atom stereocenters. The normalized spacial score (nSPS) is 11.1. The maximum absolute atomic E-state index is 6.22. The fourth-order valence-corrected chi connectivity index (χ4v) is 3.75. The van der Waals surface area contributed by atoms with Crippen LogP contribution in [0, 0.1) is 4.77 Å². The van der Waals surface area contributed by atoms with Crippen molar-refractivity contribution in [1.82, 2.24) is 24.7 Å². The Morgan fingerprint density at radius 3 is 2.62 bits per heavy atom. The summed E-state index contributed by atoms with van der Waals surface area (Å²) in [4.78, 5) is 9.26. The van der Waals surface area contributed by atoms with Crippen LogP contribution in [0.4, 0.5) is 0 Å². The van der Waals surface area contributed by atoms with Crippen LogP contribution in [0.5, 0.6) is 0 Å². The zero-order valence-electron chi connectivity index (χ0n) is 15.1. The first-order valence-corrected chi connectivity index (χ1v) is 9.74. The molecule has 7 heteroatoms. The molecule has 0 spiro atoms. The largest absolute Gasteiger partial charge is 0.268 e. The van der Waals surface area contributed by atoms with Gasteiger partial charge in [-0.15, -0.1) is 0 Å². The summed E-state index contributed by atoms with van der Waals surface area (Å²) in [5.41, 5.74) is 4.12. The van der Waals surface area contributed by atoms with Gasteiger partial charge in [0.1, 0.15) is 0 Å². The SMILES string of the molecule is S=c1[nH]nc(-c2cc3cccnc3nc2-c2ccccc2)n1-c1cccc(Cl)c1. The fraction of sp³-hybridized carbons (Fsp3) is 0. The molecule has 0 atom stereocenters. The number of aromatic amines is 1. The summed E-state index contributed by atoms with van der Waals surface area (Å²) in [6, 6.07) is 23.4. The van der Waals surface area contributed by atoms with E-state index in [-0.39, 0.29) is 0 Å². The van der Waals surface area contributed by atoms with Crippen molar-refractivity contribution < 1.29 is 0 Å². The summed E-state index contributed by atoms with van der Waals surface area (Å²) >= 11 is 11.7. The van der Waals surface area contributed by atoms with E-state index in [0.29, 0.717) is 21.3 Å².